The Kier molecular flexibility index (Phi) is 4.86. The van der Waals surface area contributed by atoms with E-state index in [-0.39, 0.29) is 5.41 Å². The summed E-state index contributed by atoms with van der Waals surface area (Å²) < 4.78 is 5.77. The van der Waals surface area contributed by atoms with Crippen LogP contribution in [0.25, 0.3) is 0 Å². The van der Waals surface area contributed by atoms with Gasteiger partial charge in [-0.1, -0.05) is 20.8 Å². The van der Waals surface area contributed by atoms with Crippen molar-refractivity contribution in [3.05, 3.63) is 18.3 Å². The van der Waals surface area contributed by atoms with E-state index in [1.807, 2.05) is 12.3 Å². The van der Waals surface area contributed by atoms with Gasteiger partial charge in [0.1, 0.15) is 5.82 Å². The largest absolute Gasteiger partial charge is 0.381 e. The molecular weight excluding hydrogens is 250 g/mol. The summed E-state index contributed by atoms with van der Waals surface area (Å²) in [7, 11) is 0. The average molecular weight is 277 g/mol. The van der Waals surface area contributed by atoms with Crippen molar-refractivity contribution in [1.29, 1.82) is 0 Å². The molecule has 1 aliphatic rings. The van der Waals surface area contributed by atoms with Crippen molar-refractivity contribution in [3.63, 3.8) is 0 Å². The number of rotatable bonds is 7. The van der Waals surface area contributed by atoms with Gasteiger partial charge in [-0.3, -0.25) is 0 Å². The maximum atomic E-state index is 5.77. The van der Waals surface area contributed by atoms with Crippen LogP contribution in [0.5, 0.6) is 0 Å². The van der Waals surface area contributed by atoms with Crippen molar-refractivity contribution in [2.24, 2.45) is 5.41 Å². The lowest BCUT2D eigenvalue weighted by Gasteiger charge is -2.52. The van der Waals surface area contributed by atoms with Gasteiger partial charge in [-0.05, 0) is 25.8 Å². The zero-order valence-corrected chi connectivity index (χ0v) is 13.1. The summed E-state index contributed by atoms with van der Waals surface area (Å²) in [5.41, 5.74) is 1.31. The molecule has 1 heterocycles. The van der Waals surface area contributed by atoms with Crippen molar-refractivity contribution >= 4 is 11.5 Å². The molecule has 4 nitrogen and oxygen atoms in total. The molecule has 4 heteroatoms. The van der Waals surface area contributed by atoms with Gasteiger partial charge in [0, 0.05) is 42.6 Å². The molecule has 0 amide bonds. The second-order valence-corrected chi connectivity index (χ2v) is 6.05. The smallest absolute Gasteiger partial charge is 0.127 e. The van der Waals surface area contributed by atoms with Crippen LogP contribution in [0.1, 0.15) is 40.5 Å². The van der Waals surface area contributed by atoms with E-state index in [1.54, 1.807) is 0 Å². The van der Waals surface area contributed by atoms with Crippen LogP contribution in [0.3, 0.4) is 0 Å². The third kappa shape index (κ3) is 3.23. The summed E-state index contributed by atoms with van der Waals surface area (Å²) >= 11 is 0. The molecule has 2 rings (SSSR count). The van der Waals surface area contributed by atoms with Gasteiger partial charge >= 0.3 is 0 Å². The first-order chi connectivity index (χ1) is 9.57. The van der Waals surface area contributed by atoms with Gasteiger partial charge in [0.05, 0.1) is 6.10 Å². The van der Waals surface area contributed by atoms with E-state index >= 15 is 0 Å². The molecular formula is C16H27N3O. The highest BCUT2D eigenvalue weighted by Crippen LogP contribution is 2.44. The average Bonchev–Trinajstić information content (AvgIpc) is 2.44. The highest BCUT2D eigenvalue weighted by molar-refractivity contribution is 5.53. The molecule has 2 unspecified atom stereocenters. The Bertz CT molecular complexity index is 433. The van der Waals surface area contributed by atoms with E-state index in [9.17, 15) is 0 Å². The molecule has 0 spiro atoms. The summed E-state index contributed by atoms with van der Waals surface area (Å²) in [5, 5.41) is 6.93. The Labute approximate surface area is 122 Å². The van der Waals surface area contributed by atoms with Crippen molar-refractivity contribution in [3.8, 4) is 0 Å². The summed E-state index contributed by atoms with van der Waals surface area (Å²) in [6.45, 7) is 10.5. The molecule has 2 N–H and O–H groups in total. The fraction of sp³-hybridized carbons (Fsp3) is 0.688. The highest BCUT2D eigenvalue weighted by Gasteiger charge is 2.48. The molecule has 1 aromatic rings. The van der Waals surface area contributed by atoms with E-state index in [1.165, 1.54) is 0 Å². The standard InChI is InChI=1S/C16H27N3O/c1-5-8-17-15-10-12(7-9-18-15)19-13-11-14(20-6-2)16(13,3)4/h7,9-10,13-14H,5-6,8,11H2,1-4H3,(H2,17,18,19). The number of nitrogens with zero attached hydrogens (tertiary/aromatic N) is 1. The number of aromatic nitrogens is 1. The van der Waals surface area contributed by atoms with Gasteiger partial charge in [0.15, 0.2) is 0 Å². The second kappa shape index (κ2) is 6.44. The first-order valence-electron chi connectivity index (χ1n) is 7.66. The lowest BCUT2D eigenvalue weighted by molar-refractivity contribution is -0.0975. The van der Waals surface area contributed by atoms with E-state index in [0.29, 0.717) is 12.1 Å². The van der Waals surface area contributed by atoms with Gasteiger partial charge in [-0.2, -0.15) is 0 Å². The van der Waals surface area contributed by atoms with Crippen molar-refractivity contribution in [2.45, 2.75) is 52.7 Å². The molecule has 1 fully saturated rings. The number of ether oxygens (including phenoxy) is 1. The van der Waals surface area contributed by atoms with Crippen molar-refractivity contribution in [1.82, 2.24) is 4.98 Å². The maximum absolute atomic E-state index is 5.77. The Morgan fingerprint density at radius 1 is 1.40 bits per heavy atom. The van der Waals surface area contributed by atoms with Crippen LogP contribution >= 0.6 is 0 Å². The number of pyridine rings is 1. The third-order valence-electron chi connectivity index (χ3n) is 4.20. The molecule has 112 valence electrons. The molecule has 20 heavy (non-hydrogen) atoms. The molecule has 0 aliphatic heterocycles. The van der Waals surface area contributed by atoms with Crippen LogP contribution in [0, 0.1) is 5.41 Å². The normalized spacial score (nSPS) is 24.0. The lowest BCUT2D eigenvalue weighted by atomic mass is 9.64. The summed E-state index contributed by atoms with van der Waals surface area (Å²) in [6, 6.07) is 4.57. The van der Waals surface area contributed by atoms with Crippen LogP contribution in [-0.4, -0.2) is 30.3 Å². The number of hydrogen-bond acceptors (Lipinski definition) is 4. The molecule has 1 aromatic heterocycles. The van der Waals surface area contributed by atoms with E-state index in [0.717, 1.165) is 37.5 Å². The van der Waals surface area contributed by atoms with Crippen LogP contribution in [0.2, 0.25) is 0 Å². The second-order valence-electron chi connectivity index (χ2n) is 6.05. The molecule has 1 saturated carbocycles. The monoisotopic (exact) mass is 277 g/mol. The quantitative estimate of drug-likeness (QED) is 0.800. The van der Waals surface area contributed by atoms with Crippen LogP contribution in [-0.2, 0) is 4.74 Å². The molecule has 0 radical (unpaired) electrons. The van der Waals surface area contributed by atoms with Crippen molar-refractivity contribution in [2.75, 3.05) is 23.8 Å². The van der Waals surface area contributed by atoms with Gasteiger partial charge < -0.3 is 15.4 Å². The maximum Gasteiger partial charge on any atom is 0.127 e. The van der Waals surface area contributed by atoms with Gasteiger partial charge in [0.2, 0.25) is 0 Å². The first kappa shape index (κ1) is 15.1. The van der Waals surface area contributed by atoms with Gasteiger partial charge in [-0.25, -0.2) is 4.98 Å². The van der Waals surface area contributed by atoms with Crippen LogP contribution in [0.4, 0.5) is 11.5 Å². The predicted octanol–water partition coefficient (Wildman–Crippen LogP) is 3.52. The predicted molar refractivity (Wildman–Crippen MR) is 84.2 cm³/mol. The number of anilines is 2. The Morgan fingerprint density at radius 3 is 2.85 bits per heavy atom. The van der Waals surface area contributed by atoms with E-state index in [4.69, 9.17) is 4.74 Å². The zero-order valence-electron chi connectivity index (χ0n) is 13.1. The molecule has 2 atom stereocenters. The topological polar surface area (TPSA) is 46.2 Å². The fourth-order valence-corrected chi connectivity index (χ4v) is 2.69. The summed E-state index contributed by atoms with van der Waals surface area (Å²) in [6.07, 6.45) is 4.39. The lowest BCUT2D eigenvalue weighted by Crippen LogP contribution is -2.58. The number of hydrogen-bond donors (Lipinski definition) is 2. The Balaban J connectivity index is 1.94. The minimum atomic E-state index is 0.177. The van der Waals surface area contributed by atoms with Crippen LogP contribution < -0.4 is 10.6 Å². The SMILES string of the molecule is CCCNc1cc(NC2CC(OCC)C2(C)C)ccn1. The van der Waals surface area contributed by atoms with Gasteiger partial charge in [-0.15, -0.1) is 0 Å². The summed E-state index contributed by atoms with van der Waals surface area (Å²) in [4.78, 5) is 4.33. The zero-order chi connectivity index (χ0) is 14.6. The molecule has 0 aromatic carbocycles. The fourth-order valence-electron chi connectivity index (χ4n) is 2.69. The molecule has 0 bridgehead atoms. The molecule has 1 aliphatic carbocycles. The minimum Gasteiger partial charge on any atom is -0.381 e. The van der Waals surface area contributed by atoms with Crippen LogP contribution in [0.15, 0.2) is 18.3 Å². The first-order valence-corrected chi connectivity index (χ1v) is 7.66. The van der Waals surface area contributed by atoms with E-state index in [2.05, 4.69) is 49.4 Å². The Hall–Kier alpha value is -1.29. The highest BCUT2D eigenvalue weighted by atomic mass is 16.5. The van der Waals surface area contributed by atoms with Crippen molar-refractivity contribution < 1.29 is 4.74 Å². The minimum absolute atomic E-state index is 0.177. The number of nitrogens with one attached hydrogen (secondary N) is 2. The third-order valence-corrected chi connectivity index (χ3v) is 4.20. The molecule has 0 saturated heterocycles. The van der Waals surface area contributed by atoms with E-state index < -0.39 is 0 Å². The Morgan fingerprint density at radius 2 is 2.20 bits per heavy atom. The van der Waals surface area contributed by atoms with Gasteiger partial charge in [0.25, 0.3) is 0 Å². The summed E-state index contributed by atoms with van der Waals surface area (Å²) in [5.74, 6) is 0.940.